The summed E-state index contributed by atoms with van der Waals surface area (Å²) in [4.78, 5) is 26.2. The summed E-state index contributed by atoms with van der Waals surface area (Å²) in [5.74, 6) is 1.96. The Morgan fingerprint density at radius 1 is 1.15 bits per heavy atom. The van der Waals surface area contributed by atoms with E-state index < -0.39 is 14.6 Å². The zero-order chi connectivity index (χ0) is 24.1. The monoisotopic (exact) mass is 484 g/mol. The Morgan fingerprint density at radius 2 is 1.88 bits per heavy atom. The third-order valence-corrected chi connectivity index (χ3v) is 5.27. The zero-order valence-electron chi connectivity index (χ0n) is 18.2. The second-order valence-corrected chi connectivity index (χ2v) is 8.73. The quantitative estimate of drug-likeness (QED) is 0.238. The summed E-state index contributed by atoms with van der Waals surface area (Å²) in [7, 11) is -4.63. The van der Waals surface area contributed by atoms with E-state index in [9.17, 15) is 4.57 Å². The van der Waals surface area contributed by atoms with Gasteiger partial charge in [0.15, 0.2) is 11.6 Å². The summed E-state index contributed by atoms with van der Waals surface area (Å²) in [6.07, 6.45) is 5.57. The molecule has 0 saturated carbocycles. The van der Waals surface area contributed by atoms with Crippen molar-refractivity contribution in [2.45, 2.75) is 26.7 Å². The summed E-state index contributed by atoms with van der Waals surface area (Å²) in [6.45, 7) is 1.80. The molecule has 0 unspecified atom stereocenters. The van der Waals surface area contributed by atoms with E-state index in [0.29, 0.717) is 35.0 Å². The summed E-state index contributed by atoms with van der Waals surface area (Å²) in [5.41, 5.74) is 9.34. The molecule has 176 valence electrons. The SMILES string of the molecule is Cc1cnc(COc2ccc(Cc3cc(-c4ccc[n+](COP(=O)(O)O)c4N)on3)cc2)nc1. The van der Waals surface area contributed by atoms with Gasteiger partial charge in [-0.25, -0.2) is 23.6 Å². The van der Waals surface area contributed by atoms with Gasteiger partial charge in [-0.1, -0.05) is 17.3 Å². The number of aromatic nitrogens is 4. The molecule has 11 nitrogen and oxygen atoms in total. The number of nitrogens with zero attached hydrogens (tertiary/aromatic N) is 4. The lowest BCUT2D eigenvalue weighted by atomic mass is 10.1. The van der Waals surface area contributed by atoms with Crippen LogP contribution < -0.4 is 15.0 Å². The Morgan fingerprint density at radius 3 is 2.59 bits per heavy atom. The largest absolute Gasteiger partial charge is 0.486 e. The van der Waals surface area contributed by atoms with Crippen molar-refractivity contribution in [2.24, 2.45) is 0 Å². The number of nitrogens with two attached hydrogens (primary N) is 1. The summed E-state index contributed by atoms with van der Waals surface area (Å²) in [6, 6.07) is 12.7. The zero-order valence-corrected chi connectivity index (χ0v) is 19.1. The number of phosphoric acid groups is 1. The molecule has 0 aliphatic carbocycles. The number of ether oxygens (including phenoxy) is 1. The number of benzene rings is 1. The molecule has 0 spiro atoms. The van der Waals surface area contributed by atoms with E-state index in [1.807, 2.05) is 31.2 Å². The molecule has 4 N–H and O–H groups in total. The van der Waals surface area contributed by atoms with Crippen LogP contribution in [0.25, 0.3) is 11.3 Å². The number of rotatable bonds is 9. The number of phosphoric ester groups is 1. The van der Waals surface area contributed by atoms with Crippen LogP contribution in [-0.4, -0.2) is 24.9 Å². The summed E-state index contributed by atoms with van der Waals surface area (Å²) in [5, 5.41) is 4.11. The maximum atomic E-state index is 11.0. The van der Waals surface area contributed by atoms with Gasteiger partial charge in [0.05, 0.1) is 11.9 Å². The van der Waals surface area contributed by atoms with E-state index in [1.165, 1.54) is 4.57 Å². The van der Waals surface area contributed by atoms with Crippen molar-refractivity contribution in [3.05, 3.63) is 83.7 Å². The molecule has 4 rings (SSSR count). The molecular weight excluding hydrogens is 461 g/mol. The standard InChI is InChI=1S/C22H22N5O6P/c1-15-11-24-21(25-12-15)13-31-18-6-4-16(5-7-18)9-17-10-20(33-26-17)19-3-2-8-27(22(19)23)14-32-34(28,29)30/h2-8,10-12,23H,9,13-14H2,1H3,(H2,28,29,30)/p+1. The molecule has 0 amide bonds. The predicted molar refractivity (Wildman–Crippen MR) is 120 cm³/mol. The summed E-state index contributed by atoms with van der Waals surface area (Å²) < 4.78 is 28.0. The van der Waals surface area contributed by atoms with Crippen molar-refractivity contribution in [3.63, 3.8) is 0 Å². The molecule has 3 aromatic heterocycles. The lowest BCUT2D eigenvalue weighted by molar-refractivity contribution is -0.711. The highest BCUT2D eigenvalue weighted by Gasteiger charge is 2.20. The van der Waals surface area contributed by atoms with Crippen LogP contribution in [0.2, 0.25) is 0 Å². The first-order chi connectivity index (χ1) is 16.3. The normalized spacial score (nSPS) is 11.5. The highest BCUT2D eigenvalue weighted by atomic mass is 31.2. The van der Waals surface area contributed by atoms with E-state index >= 15 is 0 Å². The molecule has 0 bridgehead atoms. The Balaban J connectivity index is 1.39. The van der Waals surface area contributed by atoms with Gasteiger partial charge in [-0.15, -0.1) is 0 Å². The van der Waals surface area contributed by atoms with E-state index in [1.54, 1.807) is 36.8 Å². The number of aryl methyl sites for hydroxylation is 1. The topological polar surface area (TPSA) is 158 Å². The van der Waals surface area contributed by atoms with Crippen molar-refractivity contribution in [1.82, 2.24) is 15.1 Å². The average molecular weight is 484 g/mol. The Hall–Kier alpha value is -3.63. The van der Waals surface area contributed by atoms with Crippen LogP contribution in [0.15, 0.2) is 65.6 Å². The van der Waals surface area contributed by atoms with Crippen molar-refractivity contribution in [1.29, 1.82) is 0 Å². The molecule has 3 heterocycles. The van der Waals surface area contributed by atoms with Gasteiger partial charge in [0, 0.05) is 24.9 Å². The number of hydrogen-bond acceptors (Lipinski definition) is 8. The molecule has 0 saturated heterocycles. The minimum absolute atomic E-state index is 0.220. The van der Waals surface area contributed by atoms with E-state index in [-0.39, 0.29) is 12.4 Å². The second-order valence-electron chi connectivity index (χ2n) is 7.49. The van der Waals surface area contributed by atoms with Gasteiger partial charge in [0.1, 0.15) is 17.9 Å². The van der Waals surface area contributed by atoms with Gasteiger partial charge >= 0.3 is 7.82 Å². The number of anilines is 1. The molecule has 0 atom stereocenters. The van der Waals surface area contributed by atoms with Crippen LogP contribution in [0, 0.1) is 6.92 Å². The fourth-order valence-corrected chi connectivity index (χ4v) is 3.37. The lowest BCUT2D eigenvalue weighted by Crippen LogP contribution is -2.38. The van der Waals surface area contributed by atoms with Crippen LogP contribution in [0.4, 0.5) is 5.82 Å². The Kier molecular flexibility index (Phi) is 6.99. The Bertz CT molecular complexity index is 1300. The van der Waals surface area contributed by atoms with Crippen LogP contribution in [-0.2, 0) is 28.8 Å². The Labute approximate surface area is 195 Å². The first kappa shape index (κ1) is 23.5. The lowest BCUT2D eigenvalue weighted by Gasteiger charge is -2.07. The van der Waals surface area contributed by atoms with Gasteiger partial charge in [0.2, 0.25) is 6.73 Å². The second kappa shape index (κ2) is 10.1. The van der Waals surface area contributed by atoms with Gasteiger partial charge in [-0.3, -0.25) is 5.73 Å². The molecule has 34 heavy (non-hydrogen) atoms. The number of nitrogen functional groups attached to an aromatic ring is 1. The predicted octanol–water partition coefficient (Wildman–Crippen LogP) is 2.55. The summed E-state index contributed by atoms with van der Waals surface area (Å²) >= 11 is 0. The van der Waals surface area contributed by atoms with Gasteiger partial charge in [-0.2, -0.15) is 0 Å². The van der Waals surface area contributed by atoms with Gasteiger partial charge in [0.25, 0.3) is 5.82 Å². The highest BCUT2D eigenvalue weighted by molar-refractivity contribution is 7.46. The van der Waals surface area contributed by atoms with Crippen molar-refractivity contribution >= 4 is 13.6 Å². The molecule has 1 aromatic carbocycles. The smallest absolute Gasteiger partial charge is 0.472 e. The maximum Gasteiger partial charge on any atom is 0.472 e. The number of hydrogen-bond donors (Lipinski definition) is 3. The van der Waals surface area contributed by atoms with Gasteiger partial charge in [-0.05, 0) is 42.3 Å². The van der Waals surface area contributed by atoms with Gasteiger partial charge < -0.3 is 19.0 Å². The fourth-order valence-electron chi connectivity index (χ4n) is 3.10. The average Bonchev–Trinajstić information content (AvgIpc) is 3.26. The highest BCUT2D eigenvalue weighted by Crippen LogP contribution is 2.35. The van der Waals surface area contributed by atoms with E-state index in [2.05, 4.69) is 19.6 Å². The van der Waals surface area contributed by atoms with Crippen LogP contribution >= 0.6 is 7.82 Å². The van der Waals surface area contributed by atoms with Crippen molar-refractivity contribution in [2.75, 3.05) is 5.73 Å². The number of pyridine rings is 1. The van der Waals surface area contributed by atoms with Crippen LogP contribution in [0.3, 0.4) is 0 Å². The molecule has 0 fully saturated rings. The maximum absolute atomic E-state index is 11.0. The molecule has 4 aromatic rings. The van der Waals surface area contributed by atoms with Crippen molar-refractivity contribution in [3.8, 4) is 17.1 Å². The minimum Gasteiger partial charge on any atom is -0.486 e. The molecule has 12 heteroatoms. The van der Waals surface area contributed by atoms with E-state index in [4.69, 9.17) is 24.8 Å². The van der Waals surface area contributed by atoms with Crippen LogP contribution in [0.5, 0.6) is 5.75 Å². The third kappa shape index (κ3) is 6.24. The first-order valence-corrected chi connectivity index (χ1v) is 11.7. The first-order valence-electron chi connectivity index (χ1n) is 10.2. The molecule has 0 aliphatic rings. The van der Waals surface area contributed by atoms with Crippen LogP contribution in [0.1, 0.15) is 22.6 Å². The molecule has 0 aliphatic heterocycles. The molecular formula is C22H23N5O6P+. The van der Waals surface area contributed by atoms with Crippen molar-refractivity contribution < 1.29 is 32.7 Å². The van der Waals surface area contributed by atoms with E-state index in [0.717, 1.165) is 11.1 Å². The minimum atomic E-state index is -4.63. The third-order valence-electron chi connectivity index (χ3n) is 4.81. The fraction of sp³-hybridized carbons (Fsp3) is 0.182. The molecule has 0 radical (unpaired) electrons.